The number of nitrogens with two attached hydrogens (primary N) is 1. The second kappa shape index (κ2) is 12.8. The summed E-state index contributed by atoms with van der Waals surface area (Å²) >= 11 is 0. The first kappa shape index (κ1) is 26.2. The maximum absolute atomic E-state index is 12.4. The Bertz CT molecular complexity index is 745. The summed E-state index contributed by atoms with van der Waals surface area (Å²) < 4.78 is 0. The van der Waals surface area contributed by atoms with Gasteiger partial charge in [-0.05, 0) is 12.0 Å². The van der Waals surface area contributed by atoms with Crippen LogP contribution in [0.25, 0.3) is 0 Å². The van der Waals surface area contributed by atoms with Gasteiger partial charge < -0.3 is 41.9 Å². The van der Waals surface area contributed by atoms with E-state index in [2.05, 4.69) is 17.2 Å². The Morgan fingerprint density at radius 1 is 1.03 bits per heavy atom. The predicted molar refractivity (Wildman–Crippen MR) is 109 cm³/mol. The van der Waals surface area contributed by atoms with Crippen molar-refractivity contribution in [3.05, 3.63) is 48.6 Å². The number of hydrogen-bond acceptors (Lipinski definition) is 8. The molecule has 11 nitrogen and oxygen atoms in total. The first-order valence-corrected chi connectivity index (χ1v) is 9.51. The van der Waals surface area contributed by atoms with E-state index in [4.69, 9.17) is 10.8 Å². The van der Waals surface area contributed by atoms with Crippen LogP contribution in [-0.2, 0) is 14.4 Å². The van der Waals surface area contributed by atoms with E-state index in [0.717, 1.165) is 0 Å². The van der Waals surface area contributed by atoms with Gasteiger partial charge in [0.25, 0.3) is 5.91 Å². The van der Waals surface area contributed by atoms with Crippen molar-refractivity contribution >= 4 is 17.8 Å². The maximum atomic E-state index is 12.4. The first-order chi connectivity index (χ1) is 14.6. The molecule has 9 N–H and O–H groups in total. The summed E-state index contributed by atoms with van der Waals surface area (Å²) in [5.74, 6) is -3.09. The highest BCUT2D eigenvalue weighted by Gasteiger charge is 2.36. The van der Waals surface area contributed by atoms with Gasteiger partial charge in [-0.3, -0.25) is 14.4 Å². The highest BCUT2D eigenvalue weighted by Crippen LogP contribution is 2.17. The van der Waals surface area contributed by atoms with Crippen molar-refractivity contribution in [2.75, 3.05) is 6.61 Å². The number of benzene rings is 1. The van der Waals surface area contributed by atoms with Gasteiger partial charge in [-0.2, -0.15) is 0 Å². The summed E-state index contributed by atoms with van der Waals surface area (Å²) in [7, 11) is 0. The number of carbonyl (C=O) groups is 3. The molecule has 0 aromatic heterocycles. The minimum absolute atomic E-state index is 0.123. The molecule has 0 saturated carbocycles. The monoisotopic (exact) mass is 439 g/mol. The fourth-order valence-electron chi connectivity index (χ4n) is 2.76. The van der Waals surface area contributed by atoms with E-state index < -0.39 is 67.2 Å². The minimum atomic E-state index is -2.18. The summed E-state index contributed by atoms with van der Waals surface area (Å²) in [5, 5.41) is 53.6. The van der Waals surface area contributed by atoms with Crippen LogP contribution in [0.2, 0.25) is 0 Å². The number of aliphatic hydroxyl groups excluding tert-OH is 4. The fourth-order valence-corrected chi connectivity index (χ4v) is 2.76. The van der Waals surface area contributed by atoms with Crippen molar-refractivity contribution in [3.8, 4) is 0 Å². The molecule has 0 saturated heterocycles. The van der Waals surface area contributed by atoms with Gasteiger partial charge in [0.1, 0.15) is 12.2 Å². The molecule has 0 bridgehead atoms. The molecule has 1 aromatic carbocycles. The molecule has 1 aromatic rings. The molecule has 0 radical (unpaired) electrons. The van der Waals surface area contributed by atoms with Crippen molar-refractivity contribution < 1.29 is 39.9 Å². The average molecular weight is 439 g/mol. The Labute approximate surface area is 179 Å². The number of aliphatic hydroxyl groups is 4. The smallest absolute Gasteiger partial charge is 0.305 e. The van der Waals surface area contributed by atoms with Crippen LogP contribution in [0.5, 0.6) is 0 Å². The highest BCUT2D eigenvalue weighted by molar-refractivity contribution is 5.83. The van der Waals surface area contributed by atoms with Crippen LogP contribution >= 0.6 is 0 Å². The van der Waals surface area contributed by atoms with Gasteiger partial charge in [0.05, 0.1) is 31.2 Å². The van der Waals surface area contributed by atoms with Gasteiger partial charge in [0, 0.05) is 0 Å². The van der Waals surface area contributed by atoms with Gasteiger partial charge in [-0.15, -0.1) is 6.58 Å². The molecule has 31 heavy (non-hydrogen) atoms. The van der Waals surface area contributed by atoms with Crippen LogP contribution in [0.1, 0.15) is 24.4 Å². The lowest BCUT2D eigenvalue weighted by atomic mass is 9.99. The number of amides is 2. The van der Waals surface area contributed by atoms with Crippen molar-refractivity contribution in [1.29, 1.82) is 0 Å². The topological polar surface area (TPSA) is 202 Å². The van der Waals surface area contributed by atoms with Gasteiger partial charge in [-0.25, -0.2) is 0 Å². The zero-order chi connectivity index (χ0) is 23.6. The van der Waals surface area contributed by atoms with Crippen LogP contribution in [0.3, 0.4) is 0 Å². The molecule has 0 aliphatic rings. The number of carboxylic acids is 1. The van der Waals surface area contributed by atoms with Gasteiger partial charge in [0.15, 0.2) is 6.10 Å². The van der Waals surface area contributed by atoms with Crippen molar-refractivity contribution in [2.24, 2.45) is 5.73 Å². The summed E-state index contributed by atoms with van der Waals surface area (Å²) in [6.45, 7) is 2.62. The Kier molecular flexibility index (Phi) is 10.8. The third-order valence-electron chi connectivity index (χ3n) is 4.53. The van der Waals surface area contributed by atoms with E-state index in [1.54, 1.807) is 30.3 Å². The van der Waals surface area contributed by atoms with E-state index in [1.807, 2.05) is 0 Å². The van der Waals surface area contributed by atoms with Gasteiger partial charge in [0.2, 0.25) is 5.91 Å². The Morgan fingerprint density at radius 2 is 1.65 bits per heavy atom. The Morgan fingerprint density at radius 3 is 2.16 bits per heavy atom. The zero-order valence-corrected chi connectivity index (χ0v) is 16.8. The SMILES string of the molecule is C=CCC(N)C(=O)NC(CO)C(O)C(O)C(O)C(=O)NC(CC(=O)O)c1ccccc1. The molecule has 2 amide bonds. The van der Waals surface area contributed by atoms with Crippen LogP contribution in [0, 0.1) is 0 Å². The molecule has 0 spiro atoms. The lowest BCUT2D eigenvalue weighted by molar-refractivity contribution is -0.145. The average Bonchev–Trinajstić information content (AvgIpc) is 2.75. The van der Waals surface area contributed by atoms with E-state index in [0.29, 0.717) is 5.56 Å². The van der Waals surface area contributed by atoms with Crippen molar-refractivity contribution in [3.63, 3.8) is 0 Å². The van der Waals surface area contributed by atoms with E-state index >= 15 is 0 Å². The first-order valence-electron chi connectivity index (χ1n) is 9.51. The molecular formula is C20H29N3O8. The van der Waals surface area contributed by atoms with Gasteiger partial charge in [-0.1, -0.05) is 36.4 Å². The van der Waals surface area contributed by atoms with Gasteiger partial charge >= 0.3 is 5.97 Å². The number of carbonyl (C=O) groups excluding carboxylic acids is 2. The standard InChI is InChI=1S/C20H29N3O8/c1-2-6-12(21)19(30)23-14(10-24)16(27)17(28)18(29)20(31)22-13(9-15(25)26)11-7-4-3-5-8-11/h2-5,7-8,12-14,16-18,24,27-29H,1,6,9-10,21H2,(H,22,31)(H,23,30)(H,25,26). The maximum Gasteiger partial charge on any atom is 0.305 e. The van der Waals surface area contributed by atoms with Crippen LogP contribution in [0.4, 0.5) is 0 Å². The second-order valence-electron chi connectivity index (χ2n) is 6.92. The molecule has 0 fully saturated rings. The van der Waals surface area contributed by atoms with Crippen LogP contribution in [0.15, 0.2) is 43.0 Å². The molecule has 0 heterocycles. The number of aliphatic carboxylic acids is 1. The fraction of sp³-hybridized carbons (Fsp3) is 0.450. The lowest BCUT2D eigenvalue weighted by Gasteiger charge is -2.30. The summed E-state index contributed by atoms with van der Waals surface area (Å²) in [5.41, 5.74) is 6.05. The van der Waals surface area contributed by atoms with E-state index in [9.17, 15) is 34.8 Å². The van der Waals surface area contributed by atoms with Crippen LogP contribution < -0.4 is 16.4 Å². The summed E-state index contributed by atoms with van der Waals surface area (Å²) in [6, 6.07) is 4.69. The van der Waals surface area contributed by atoms with E-state index in [-0.39, 0.29) is 6.42 Å². The normalized spacial score (nSPS) is 16.8. The minimum Gasteiger partial charge on any atom is -0.481 e. The summed E-state index contributed by atoms with van der Waals surface area (Å²) in [4.78, 5) is 35.4. The molecule has 172 valence electrons. The molecule has 6 atom stereocenters. The molecule has 11 heteroatoms. The molecular weight excluding hydrogens is 410 g/mol. The highest BCUT2D eigenvalue weighted by atomic mass is 16.4. The van der Waals surface area contributed by atoms with Crippen molar-refractivity contribution in [2.45, 2.75) is 49.3 Å². The van der Waals surface area contributed by atoms with E-state index in [1.165, 1.54) is 6.08 Å². The molecule has 0 aliphatic carbocycles. The molecule has 1 rings (SSSR count). The quantitative estimate of drug-likeness (QED) is 0.157. The largest absolute Gasteiger partial charge is 0.481 e. The number of nitrogens with one attached hydrogen (secondary N) is 2. The zero-order valence-electron chi connectivity index (χ0n) is 16.8. The number of hydrogen-bond donors (Lipinski definition) is 8. The van der Waals surface area contributed by atoms with Crippen molar-refractivity contribution in [1.82, 2.24) is 10.6 Å². The lowest BCUT2D eigenvalue weighted by Crippen LogP contribution is -2.58. The molecule has 0 aliphatic heterocycles. The number of carboxylic acid groups (broad SMARTS) is 1. The molecule has 6 unspecified atom stereocenters. The predicted octanol–water partition coefficient (Wildman–Crippen LogP) is -2.22. The summed E-state index contributed by atoms with van der Waals surface area (Å²) in [6.07, 6.45) is -5.18. The second-order valence-corrected chi connectivity index (χ2v) is 6.92. The Hall–Kier alpha value is -2.83. The number of rotatable bonds is 13. The third kappa shape index (κ3) is 8.07. The van der Waals surface area contributed by atoms with Crippen LogP contribution in [-0.4, -0.2) is 80.3 Å². The Balaban J connectivity index is 2.84. The third-order valence-corrected chi connectivity index (χ3v) is 4.53.